The first kappa shape index (κ1) is 16.1. The van der Waals surface area contributed by atoms with Crippen LogP contribution in [0.1, 0.15) is 17.7 Å². The van der Waals surface area contributed by atoms with Crippen molar-refractivity contribution < 1.29 is 13.2 Å². The molecule has 19 heavy (non-hydrogen) atoms. The van der Waals surface area contributed by atoms with Gasteiger partial charge in [0.05, 0.1) is 6.26 Å². The maximum absolute atomic E-state index is 11.5. The Hall–Kier alpha value is -0.920. The number of nitrogens with zero attached hydrogens (tertiary/aromatic N) is 1. The summed E-state index contributed by atoms with van der Waals surface area (Å²) in [4.78, 5) is 12.7. The van der Waals surface area contributed by atoms with Crippen molar-refractivity contribution in [3.05, 3.63) is 22.4 Å². The Balaban J connectivity index is 2.11. The van der Waals surface area contributed by atoms with Gasteiger partial charge in [-0.05, 0) is 24.3 Å². The van der Waals surface area contributed by atoms with E-state index < -0.39 is 10.0 Å². The molecule has 1 aromatic rings. The fraction of sp³-hybridized carbons (Fsp3) is 0.583. The molecular weight excluding hydrogens is 284 g/mol. The van der Waals surface area contributed by atoms with Crippen molar-refractivity contribution in [2.45, 2.75) is 19.3 Å². The van der Waals surface area contributed by atoms with Crippen LogP contribution in [0.4, 0.5) is 0 Å². The third-order valence-electron chi connectivity index (χ3n) is 2.72. The number of amides is 1. The zero-order chi connectivity index (χ0) is 14.3. The van der Waals surface area contributed by atoms with Crippen molar-refractivity contribution in [2.24, 2.45) is 0 Å². The molecule has 0 radical (unpaired) electrons. The molecule has 0 aliphatic rings. The van der Waals surface area contributed by atoms with Crippen molar-refractivity contribution in [1.29, 1.82) is 0 Å². The van der Waals surface area contributed by atoms with E-state index in [4.69, 9.17) is 0 Å². The second kappa shape index (κ2) is 7.62. The van der Waals surface area contributed by atoms with Crippen molar-refractivity contribution in [3.63, 3.8) is 0 Å². The van der Waals surface area contributed by atoms with Crippen LogP contribution in [0.2, 0.25) is 0 Å². The smallest absolute Gasteiger partial charge is 0.220 e. The van der Waals surface area contributed by atoms with Gasteiger partial charge >= 0.3 is 0 Å². The van der Waals surface area contributed by atoms with Crippen LogP contribution >= 0.6 is 11.3 Å². The Morgan fingerprint density at radius 3 is 2.79 bits per heavy atom. The third kappa shape index (κ3) is 6.70. The van der Waals surface area contributed by atoms with Gasteiger partial charge in [0, 0.05) is 31.4 Å². The molecule has 0 saturated carbocycles. The maximum Gasteiger partial charge on any atom is 0.220 e. The molecule has 5 nitrogen and oxygen atoms in total. The molecule has 108 valence electrons. The molecule has 1 heterocycles. The molecule has 1 rings (SSSR count). The second-order valence-corrected chi connectivity index (χ2v) is 7.49. The van der Waals surface area contributed by atoms with Crippen molar-refractivity contribution in [2.75, 3.05) is 26.4 Å². The number of nitrogens with one attached hydrogen (secondary N) is 1. The molecule has 0 aromatic carbocycles. The molecule has 7 heteroatoms. The van der Waals surface area contributed by atoms with Gasteiger partial charge in [-0.2, -0.15) is 0 Å². The quantitative estimate of drug-likeness (QED) is 0.731. The largest absolute Gasteiger partial charge is 0.356 e. The first-order valence-electron chi connectivity index (χ1n) is 6.10. The number of rotatable bonds is 8. The zero-order valence-electron chi connectivity index (χ0n) is 11.3. The normalized spacial score (nSPS) is 11.7. The Morgan fingerprint density at radius 2 is 2.21 bits per heavy atom. The van der Waals surface area contributed by atoms with E-state index in [1.165, 1.54) is 22.5 Å². The van der Waals surface area contributed by atoms with E-state index in [-0.39, 0.29) is 5.91 Å². The molecule has 0 aliphatic carbocycles. The van der Waals surface area contributed by atoms with Crippen LogP contribution in [0.25, 0.3) is 0 Å². The van der Waals surface area contributed by atoms with Crippen molar-refractivity contribution >= 4 is 27.3 Å². The standard InChI is InChI=1S/C12H20N2O3S2/c1-14(19(2,16)17)9-4-8-13-12(15)7-6-11-5-3-10-18-11/h3,5,10H,4,6-9H2,1-2H3,(H,13,15). The Kier molecular flexibility index (Phi) is 6.47. The van der Waals surface area contributed by atoms with Gasteiger partial charge in [0.2, 0.25) is 15.9 Å². The summed E-state index contributed by atoms with van der Waals surface area (Å²) in [7, 11) is -1.59. The minimum atomic E-state index is -3.12. The molecule has 0 aliphatic heterocycles. The lowest BCUT2D eigenvalue weighted by atomic mass is 10.2. The van der Waals surface area contributed by atoms with Crippen molar-refractivity contribution in [3.8, 4) is 0 Å². The summed E-state index contributed by atoms with van der Waals surface area (Å²) >= 11 is 1.65. The topological polar surface area (TPSA) is 66.5 Å². The number of hydrogen-bond acceptors (Lipinski definition) is 4. The summed E-state index contributed by atoms with van der Waals surface area (Å²) in [5.74, 6) is 0.00964. The summed E-state index contributed by atoms with van der Waals surface area (Å²) in [5.41, 5.74) is 0. The number of carbonyl (C=O) groups excluding carboxylic acids is 1. The predicted octanol–water partition coefficient (Wildman–Crippen LogP) is 1.08. The lowest BCUT2D eigenvalue weighted by Crippen LogP contribution is -2.30. The summed E-state index contributed by atoms with van der Waals surface area (Å²) in [6.45, 7) is 0.924. The Bertz CT molecular complexity index is 483. The maximum atomic E-state index is 11.5. The molecule has 0 spiro atoms. The van der Waals surface area contributed by atoms with Gasteiger partial charge in [-0.25, -0.2) is 12.7 Å². The minimum absolute atomic E-state index is 0.00964. The third-order valence-corrected chi connectivity index (χ3v) is 4.97. The van der Waals surface area contributed by atoms with Crippen LogP contribution in [0.15, 0.2) is 17.5 Å². The average Bonchev–Trinajstić information content (AvgIpc) is 2.83. The van der Waals surface area contributed by atoms with Gasteiger partial charge in [0.25, 0.3) is 0 Å². The molecule has 0 fully saturated rings. The van der Waals surface area contributed by atoms with E-state index in [1.807, 2.05) is 17.5 Å². The van der Waals surface area contributed by atoms with E-state index >= 15 is 0 Å². The SMILES string of the molecule is CN(CCCNC(=O)CCc1cccs1)S(C)(=O)=O. The molecule has 1 aromatic heterocycles. The monoisotopic (exact) mass is 304 g/mol. The Morgan fingerprint density at radius 1 is 1.47 bits per heavy atom. The van der Waals surface area contributed by atoms with Crippen LogP contribution in [0, 0.1) is 0 Å². The van der Waals surface area contributed by atoms with Crippen LogP contribution < -0.4 is 5.32 Å². The fourth-order valence-corrected chi connectivity index (χ4v) is 2.65. The molecule has 0 bridgehead atoms. The van der Waals surface area contributed by atoms with Crippen molar-refractivity contribution in [1.82, 2.24) is 9.62 Å². The van der Waals surface area contributed by atoms with Gasteiger partial charge in [-0.1, -0.05) is 6.07 Å². The van der Waals surface area contributed by atoms with E-state index in [0.29, 0.717) is 25.9 Å². The first-order valence-corrected chi connectivity index (χ1v) is 8.83. The number of carbonyl (C=O) groups is 1. The summed E-state index contributed by atoms with van der Waals surface area (Å²) < 4.78 is 23.5. The molecule has 0 unspecified atom stereocenters. The Labute approximate surface area is 118 Å². The summed E-state index contributed by atoms with van der Waals surface area (Å²) in [6, 6.07) is 3.98. The zero-order valence-corrected chi connectivity index (χ0v) is 12.9. The lowest BCUT2D eigenvalue weighted by molar-refractivity contribution is -0.121. The van der Waals surface area contributed by atoms with E-state index in [9.17, 15) is 13.2 Å². The van der Waals surface area contributed by atoms with E-state index in [0.717, 1.165) is 6.42 Å². The number of hydrogen-bond donors (Lipinski definition) is 1. The van der Waals surface area contributed by atoms with Gasteiger partial charge in [0.15, 0.2) is 0 Å². The van der Waals surface area contributed by atoms with Crippen LogP contribution in [-0.2, 0) is 21.2 Å². The lowest BCUT2D eigenvalue weighted by Gasteiger charge is -2.13. The number of thiophene rings is 1. The number of sulfonamides is 1. The highest BCUT2D eigenvalue weighted by Crippen LogP contribution is 2.10. The highest BCUT2D eigenvalue weighted by atomic mass is 32.2. The molecule has 1 N–H and O–H groups in total. The highest BCUT2D eigenvalue weighted by Gasteiger charge is 2.09. The molecule has 1 amide bonds. The minimum Gasteiger partial charge on any atom is -0.356 e. The van der Waals surface area contributed by atoms with Gasteiger partial charge < -0.3 is 5.32 Å². The van der Waals surface area contributed by atoms with Crippen LogP contribution in [-0.4, -0.2) is 45.0 Å². The average molecular weight is 304 g/mol. The highest BCUT2D eigenvalue weighted by molar-refractivity contribution is 7.88. The van der Waals surface area contributed by atoms with Gasteiger partial charge in [-0.15, -0.1) is 11.3 Å². The molecule has 0 saturated heterocycles. The molecular formula is C12H20N2O3S2. The van der Waals surface area contributed by atoms with E-state index in [2.05, 4.69) is 5.32 Å². The van der Waals surface area contributed by atoms with E-state index in [1.54, 1.807) is 11.3 Å². The summed E-state index contributed by atoms with van der Waals surface area (Å²) in [6.07, 6.45) is 3.02. The summed E-state index contributed by atoms with van der Waals surface area (Å²) in [5, 5.41) is 4.79. The predicted molar refractivity (Wildman–Crippen MR) is 77.7 cm³/mol. The molecule has 0 atom stereocenters. The first-order chi connectivity index (χ1) is 8.89. The van der Waals surface area contributed by atoms with Crippen LogP contribution in [0.3, 0.4) is 0 Å². The van der Waals surface area contributed by atoms with Gasteiger partial charge in [0.1, 0.15) is 0 Å². The second-order valence-electron chi connectivity index (χ2n) is 4.37. The van der Waals surface area contributed by atoms with Crippen LogP contribution in [0.5, 0.6) is 0 Å². The van der Waals surface area contributed by atoms with Gasteiger partial charge in [-0.3, -0.25) is 4.79 Å². The fourth-order valence-electron chi connectivity index (χ4n) is 1.48. The number of aryl methyl sites for hydroxylation is 1.